The first-order valence-electron chi connectivity index (χ1n) is 6.54. The van der Waals surface area contributed by atoms with Crippen molar-refractivity contribution in [3.05, 3.63) is 58.5 Å². The number of rotatable bonds is 2. The van der Waals surface area contributed by atoms with E-state index in [0.29, 0.717) is 5.92 Å². The Labute approximate surface area is 108 Å². The quantitative estimate of drug-likeness (QED) is 0.876. The molecule has 2 nitrogen and oxygen atoms in total. The summed E-state index contributed by atoms with van der Waals surface area (Å²) >= 11 is 0. The zero-order valence-electron chi connectivity index (χ0n) is 10.9. The summed E-state index contributed by atoms with van der Waals surface area (Å²) in [6.45, 7) is 3.98. The van der Waals surface area contributed by atoms with E-state index in [2.05, 4.69) is 30.3 Å². The van der Waals surface area contributed by atoms with Crippen LogP contribution in [0.1, 0.15) is 34.3 Å². The third-order valence-electron chi connectivity index (χ3n) is 4.03. The average Bonchev–Trinajstić information content (AvgIpc) is 2.91. The van der Waals surface area contributed by atoms with Crippen molar-refractivity contribution in [1.82, 2.24) is 0 Å². The molecule has 0 amide bonds. The van der Waals surface area contributed by atoms with Crippen molar-refractivity contribution < 1.29 is 4.42 Å². The second-order valence-corrected chi connectivity index (χ2v) is 5.33. The van der Waals surface area contributed by atoms with E-state index in [0.717, 1.165) is 24.4 Å². The van der Waals surface area contributed by atoms with Gasteiger partial charge in [0.15, 0.2) is 0 Å². The predicted octanol–water partition coefficient (Wildman–Crippen LogP) is 3.31. The van der Waals surface area contributed by atoms with Crippen LogP contribution in [0.15, 0.2) is 34.7 Å². The SMILES string of the molecule is Cc1cc(C(N)C2Cc3ccccc3C2)c(C)o1. The van der Waals surface area contributed by atoms with Crippen LogP contribution in [0, 0.1) is 19.8 Å². The van der Waals surface area contributed by atoms with Crippen LogP contribution in [0.2, 0.25) is 0 Å². The van der Waals surface area contributed by atoms with E-state index in [1.807, 2.05) is 13.8 Å². The molecule has 2 heteroatoms. The molecule has 18 heavy (non-hydrogen) atoms. The zero-order chi connectivity index (χ0) is 12.7. The lowest BCUT2D eigenvalue weighted by Gasteiger charge is -2.18. The lowest BCUT2D eigenvalue weighted by atomic mass is 9.91. The van der Waals surface area contributed by atoms with Crippen molar-refractivity contribution in [1.29, 1.82) is 0 Å². The molecule has 0 saturated heterocycles. The van der Waals surface area contributed by atoms with Gasteiger partial charge in [-0.15, -0.1) is 0 Å². The Morgan fingerprint density at radius 2 is 1.78 bits per heavy atom. The van der Waals surface area contributed by atoms with Gasteiger partial charge in [0.25, 0.3) is 0 Å². The highest BCUT2D eigenvalue weighted by molar-refractivity contribution is 5.34. The molecule has 1 aliphatic rings. The fourth-order valence-corrected chi connectivity index (χ4v) is 3.08. The van der Waals surface area contributed by atoms with Crippen molar-refractivity contribution in [2.24, 2.45) is 11.7 Å². The molecule has 1 aromatic heterocycles. The average molecular weight is 241 g/mol. The number of hydrogen-bond acceptors (Lipinski definition) is 2. The fraction of sp³-hybridized carbons (Fsp3) is 0.375. The predicted molar refractivity (Wildman–Crippen MR) is 72.5 cm³/mol. The van der Waals surface area contributed by atoms with Crippen LogP contribution in [-0.4, -0.2) is 0 Å². The molecule has 1 unspecified atom stereocenters. The smallest absolute Gasteiger partial charge is 0.105 e. The maximum atomic E-state index is 6.43. The Hall–Kier alpha value is -1.54. The molecule has 0 bridgehead atoms. The zero-order valence-corrected chi connectivity index (χ0v) is 10.9. The standard InChI is InChI=1S/C16H19NO/c1-10-7-15(11(2)18-10)16(17)14-8-12-5-3-4-6-13(12)9-14/h3-7,14,16H,8-9,17H2,1-2H3. The highest BCUT2D eigenvalue weighted by atomic mass is 16.3. The summed E-state index contributed by atoms with van der Waals surface area (Å²) in [6, 6.07) is 10.8. The highest BCUT2D eigenvalue weighted by Crippen LogP contribution is 2.35. The van der Waals surface area contributed by atoms with Crippen LogP contribution in [-0.2, 0) is 12.8 Å². The van der Waals surface area contributed by atoms with E-state index >= 15 is 0 Å². The monoisotopic (exact) mass is 241 g/mol. The highest BCUT2D eigenvalue weighted by Gasteiger charge is 2.28. The molecule has 1 aromatic carbocycles. The van der Waals surface area contributed by atoms with Gasteiger partial charge in [-0.25, -0.2) is 0 Å². The van der Waals surface area contributed by atoms with Gasteiger partial charge < -0.3 is 10.2 Å². The molecule has 0 saturated carbocycles. The summed E-state index contributed by atoms with van der Waals surface area (Å²) < 4.78 is 5.59. The lowest BCUT2D eigenvalue weighted by molar-refractivity contribution is 0.439. The van der Waals surface area contributed by atoms with E-state index in [1.54, 1.807) is 0 Å². The minimum atomic E-state index is 0.0786. The third kappa shape index (κ3) is 1.87. The molecule has 1 atom stereocenters. The van der Waals surface area contributed by atoms with Crippen molar-refractivity contribution in [3.8, 4) is 0 Å². The molecule has 1 heterocycles. The number of nitrogens with two attached hydrogens (primary N) is 1. The van der Waals surface area contributed by atoms with Gasteiger partial charge in [0.05, 0.1) is 0 Å². The Morgan fingerprint density at radius 1 is 1.17 bits per heavy atom. The molecule has 0 radical (unpaired) electrons. The third-order valence-corrected chi connectivity index (χ3v) is 4.03. The summed E-state index contributed by atoms with van der Waals surface area (Å²) in [7, 11) is 0. The minimum absolute atomic E-state index is 0.0786. The van der Waals surface area contributed by atoms with Gasteiger partial charge in [0, 0.05) is 11.6 Å². The minimum Gasteiger partial charge on any atom is -0.466 e. The lowest BCUT2D eigenvalue weighted by Crippen LogP contribution is -2.22. The van der Waals surface area contributed by atoms with Crippen LogP contribution < -0.4 is 5.73 Å². The first-order valence-corrected chi connectivity index (χ1v) is 6.54. The van der Waals surface area contributed by atoms with Gasteiger partial charge in [-0.05, 0) is 49.8 Å². The Morgan fingerprint density at radius 3 is 2.28 bits per heavy atom. The fourth-order valence-electron chi connectivity index (χ4n) is 3.08. The second-order valence-electron chi connectivity index (χ2n) is 5.33. The Balaban J connectivity index is 1.84. The first-order chi connectivity index (χ1) is 8.65. The normalized spacial score (nSPS) is 16.8. The van der Waals surface area contributed by atoms with Crippen LogP contribution in [0.25, 0.3) is 0 Å². The van der Waals surface area contributed by atoms with E-state index < -0.39 is 0 Å². The first kappa shape index (κ1) is 11.5. The molecule has 94 valence electrons. The summed E-state index contributed by atoms with van der Waals surface area (Å²) in [4.78, 5) is 0. The van der Waals surface area contributed by atoms with Crippen molar-refractivity contribution >= 4 is 0 Å². The second kappa shape index (κ2) is 4.29. The van der Waals surface area contributed by atoms with Crippen LogP contribution in [0.3, 0.4) is 0 Å². The molecule has 0 spiro atoms. The van der Waals surface area contributed by atoms with E-state index in [4.69, 9.17) is 10.2 Å². The van der Waals surface area contributed by atoms with Crippen molar-refractivity contribution in [3.63, 3.8) is 0 Å². The van der Waals surface area contributed by atoms with Gasteiger partial charge >= 0.3 is 0 Å². The van der Waals surface area contributed by atoms with Crippen molar-refractivity contribution in [2.75, 3.05) is 0 Å². The van der Waals surface area contributed by atoms with E-state index in [9.17, 15) is 0 Å². The molecule has 2 N–H and O–H groups in total. The summed E-state index contributed by atoms with van der Waals surface area (Å²) in [5, 5.41) is 0. The van der Waals surface area contributed by atoms with Crippen molar-refractivity contribution in [2.45, 2.75) is 32.7 Å². The molecular formula is C16H19NO. The van der Waals surface area contributed by atoms with Gasteiger partial charge in [-0.2, -0.15) is 0 Å². The van der Waals surface area contributed by atoms with Gasteiger partial charge in [-0.1, -0.05) is 24.3 Å². The number of aryl methyl sites for hydroxylation is 2. The summed E-state index contributed by atoms with van der Waals surface area (Å²) in [5.41, 5.74) is 10.5. The number of hydrogen-bond donors (Lipinski definition) is 1. The van der Waals surface area contributed by atoms with Crippen LogP contribution in [0.5, 0.6) is 0 Å². The molecule has 2 aromatic rings. The molecular weight excluding hydrogens is 222 g/mol. The molecule has 3 rings (SSSR count). The number of benzene rings is 1. The largest absolute Gasteiger partial charge is 0.466 e. The molecule has 1 aliphatic carbocycles. The Bertz CT molecular complexity index is 545. The molecule has 0 aliphatic heterocycles. The summed E-state index contributed by atoms with van der Waals surface area (Å²) in [5.74, 6) is 2.42. The van der Waals surface area contributed by atoms with Gasteiger partial charge in [0.1, 0.15) is 11.5 Å². The van der Waals surface area contributed by atoms with Crippen LogP contribution in [0.4, 0.5) is 0 Å². The Kier molecular flexibility index (Phi) is 2.75. The maximum Gasteiger partial charge on any atom is 0.105 e. The number of fused-ring (bicyclic) bond motifs is 1. The maximum absolute atomic E-state index is 6.43. The van der Waals surface area contributed by atoms with Gasteiger partial charge in [0.2, 0.25) is 0 Å². The van der Waals surface area contributed by atoms with Gasteiger partial charge in [-0.3, -0.25) is 0 Å². The number of furan rings is 1. The summed E-state index contributed by atoms with van der Waals surface area (Å²) in [6.07, 6.45) is 2.17. The van der Waals surface area contributed by atoms with Crippen LogP contribution >= 0.6 is 0 Å². The molecule has 0 fully saturated rings. The van der Waals surface area contributed by atoms with E-state index in [-0.39, 0.29) is 6.04 Å². The topological polar surface area (TPSA) is 39.2 Å². The van der Waals surface area contributed by atoms with E-state index in [1.165, 1.54) is 16.7 Å².